The van der Waals surface area contributed by atoms with E-state index in [0.29, 0.717) is 5.92 Å². The van der Waals surface area contributed by atoms with Gasteiger partial charge in [-0.25, -0.2) is 9.97 Å². The first-order valence-electron chi connectivity index (χ1n) is 7.28. The third-order valence-electron chi connectivity index (χ3n) is 3.57. The Bertz CT molecular complexity index is 615. The third-order valence-corrected chi connectivity index (χ3v) is 3.57. The number of nitrogens with zero attached hydrogens (tertiary/aromatic N) is 3. The summed E-state index contributed by atoms with van der Waals surface area (Å²) in [7, 11) is 5.99. The topological polar surface area (TPSA) is 41.1 Å². The van der Waals surface area contributed by atoms with Crippen molar-refractivity contribution in [3.05, 3.63) is 35.7 Å². The van der Waals surface area contributed by atoms with Crippen molar-refractivity contribution in [2.45, 2.75) is 26.7 Å². The van der Waals surface area contributed by atoms with Crippen LogP contribution in [0.2, 0.25) is 0 Å². The Morgan fingerprint density at radius 3 is 2.14 bits per heavy atom. The molecule has 0 unspecified atom stereocenters. The minimum Gasteiger partial charge on any atom is -0.378 e. The van der Waals surface area contributed by atoms with Crippen molar-refractivity contribution in [3.8, 4) is 11.3 Å². The number of anilines is 2. The number of hydrogen-bond donors (Lipinski definition) is 1. The van der Waals surface area contributed by atoms with E-state index in [0.717, 1.165) is 28.5 Å². The van der Waals surface area contributed by atoms with Crippen molar-refractivity contribution in [2.75, 3.05) is 31.4 Å². The summed E-state index contributed by atoms with van der Waals surface area (Å²) in [6.07, 6.45) is 0. The summed E-state index contributed by atoms with van der Waals surface area (Å²) in [6.45, 7) is 6.29. The molecule has 0 aliphatic heterocycles. The highest BCUT2D eigenvalue weighted by Gasteiger charge is 2.13. The van der Waals surface area contributed by atoms with E-state index >= 15 is 0 Å². The normalized spacial score (nSPS) is 10.8. The van der Waals surface area contributed by atoms with Crippen LogP contribution in [0.4, 0.5) is 11.5 Å². The molecule has 0 atom stereocenters. The Hall–Kier alpha value is -2.10. The SMILES string of the molecule is CNc1nc(C(C)C)nc(-c2ccc(N(C)C)cc2)c1C. The summed E-state index contributed by atoms with van der Waals surface area (Å²) >= 11 is 0. The van der Waals surface area contributed by atoms with Crippen molar-refractivity contribution < 1.29 is 0 Å². The zero-order valence-corrected chi connectivity index (χ0v) is 13.7. The number of hydrogen-bond acceptors (Lipinski definition) is 4. The quantitative estimate of drug-likeness (QED) is 0.930. The van der Waals surface area contributed by atoms with E-state index in [9.17, 15) is 0 Å². The van der Waals surface area contributed by atoms with Crippen LogP contribution in [0.5, 0.6) is 0 Å². The summed E-state index contributed by atoms with van der Waals surface area (Å²) in [6, 6.07) is 8.47. The molecule has 0 aliphatic carbocycles. The molecule has 0 spiro atoms. The van der Waals surface area contributed by atoms with Crippen LogP contribution >= 0.6 is 0 Å². The maximum absolute atomic E-state index is 4.76. The summed E-state index contributed by atoms with van der Waals surface area (Å²) in [5.74, 6) is 2.08. The fourth-order valence-electron chi connectivity index (χ4n) is 2.23. The molecule has 0 radical (unpaired) electrons. The third kappa shape index (κ3) is 3.15. The zero-order valence-electron chi connectivity index (χ0n) is 13.7. The summed E-state index contributed by atoms with van der Waals surface area (Å²) < 4.78 is 0. The first-order chi connectivity index (χ1) is 9.93. The smallest absolute Gasteiger partial charge is 0.133 e. The molecular weight excluding hydrogens is 260 g/mol. The largest absolute Gasteiger partial charge is 0.378 e. The average molecular weight is 284 g/mol. The van der Waals surface area contributed by atoms with Gasteiger partial charge >= 0.3 is 0 Å². The second-order valence-corrected chi connectivity index (χ2v) is 5.75. The van der Waals surface area contributed by atoms with Crippen LogP contribution in [0.1, 0.15) is 31.2 Å². The molecule has 1 aromatic heterocycles. The van der Waals surface area contributed by atoms with Gasteiger partial charge in [-0.1, -0.05) is 26.0 Å². The van der Waals surface area contributed by atoms with E-state index in [2.05, 4.69) is 60.2 Å². The van der Waals surface area contributed by atoms with E-state index in [1.807, 2.05) is 21.1 Å². The second-order valence-electron chi connectivity index (χ2n) is 5.75. The van der Waals surface area contributed by atoms with Crippen LogP contribution in [0.3, 0.4) is 0 Å². The first kappa shape index (κ1) is 15.3. The van der Waals surface area contributed by atoms with E-state index in [-0.39, 0.29) is 0 Å². The molecule has 1 heterocycles. The van der Waals surface area contributed by atoms with E-state index in [1.54, 1.807) is 0 Å². The lowest BCUT2D eigenvalue weighted by molar-refractivity contribution is 0.775. The minimum atomic E-state index is 0.303. The predicted octanol–water partition coefficient (Wildman–Crippen LogP) is 3.68. The van der Waals surface area contributed by atoms with Crippen LogP contribution in [0.25, 0.3) is 11.3 Å². The second kappa shape index (κ2) is 6.12. The Morgan fingerprint density at radius 1 is 1.05 bits per heavy atom. The van der Waals surface area contributed by atoms with E-state index in [4.69, 9.17) is 4.98 Å². The van der Waals surface area contributed by atoms with Crippen LogP contribution in [0, 0.1) is 6.92 Å². The lowest BCUT2D eigenvalue weighted by Gasteiger charge is -2.16. The van der Waals surface area contributed by atoms with Crippen LogP contribution < -0.4 is 10.2 Å². The van der Waals surface area contributed by atoms with Gasteiger partial charge in [-0.2, -0.15) is 0 Å². The Kier molecular flexibility index (Phi) is 4.46. The lowest BCUT2D eigenvalue weighted by Crippen LogP contribution is -2.08. The Labute approximate surface area is 127 Å². The van der Waals surface area contributed by atoms with Gasteiger partial charge in [-0.3, -0.25) is 0 Å². The van der Waals surface area contributed by atoms with Crippen molar-refractivity contribution in [2.24, 2.45) is 0 Å². The van der Waals surface area contributed by atoms with Gasteiger partial charge in [-0.15, -0.1) is 0 Å². The molecule has 1 N–H and O–H groups in total. The van der Waals surface area contributed by atoms with Crippen molar-refractivity contribution >= 4 is 11.5 Å². The molecule has 0 saturated carbocycles. The Balaban J connectivity index is 2.53. The predicted molar refractivity (Wildman–Crippen MR) is 90.2 cm³/mol. The maximum Gasteiger partial charge on any atom is 0.133 e. The number of aromatic nitrogens is 2. The van der Waals surface area contributed by atoms with Crippen LogP contribution in [-0.2, 0) is 0 Å². The number of nitrogens with one attached hydrogen (secondary N) is 1. The summed E-state index contributed by atoms with van der Waals surface area (Å²) in [4.78, 5) is 11.4. The van der Waals surface area contributed by atoms with Crippen molar-refractivity contribution in [3.63, 3.8) is 0 Å². The van der Waals surface area contributed by atoms with Gasteiger partial charge in [0.1, 0.15) is 11.6 Å². The molecule has 4 nitrogen and oxygen atoms in total. The Morgan fingerprint density at radius 2 is 1.67 bits per heavy atom. The molecular formula is C17H24N4. The molecule has 0 bridgehead atoms. The molecule has 0 fully saturated rings. The molecule has 2 aromatic rings. The van der Waals surface area contributed by atoms with Crippen LogP contribution in [-0.4, -0.2) is 31.1 Å². The van der Waals surface area contributed by atoms with E-state index < -0.39 is 0 Å². The molecule has 1 aromatic carbocycles. The van der Waals surface area contributed by atoms with Gasteiger partial charge in [0.05, 0.1) is 5.69 Å². The molecule has 112 valence electrons. The average Bonchev–Trinajstić information content (AvgIpc) is 2.47. The standard InChI is InChI=1S/C17H24N4/c1-11(2)16-19-15(12(3)17(18-4)20-16)13-7-9-14(10-8-13)21(5)6/h7-11H,1-6H3,(H,18,19,20). The molecule has 21 heavy (non-hydrogen) atoms. The molecule has 0 aliphatic rings. The molecule has 0 saturated heterocycles. The van der Waals surface area contributed by atoms with Crippen molar-refractivity contribution in [1.29, 1.82) is 0 Å². The van der Waals surface area contributed by atoms with Crippen LogP contribution in [0.15, 0.2) is 24.3 Å². The van der Waals surface area contributed by atoms with Gasteiger partial charge in [0, 0.05) is 43.9 Å². The minimum absolute atomic E-state index is 0.303. The summed E-state index contributed by atoms with van der Waals surface area (Å²) in [5.41, 5.74) is 4.39. The molecule has 2 rings (SSSR count). The highest BCUT2D eigenvalue weighted by Crippen LogP contribution is 2.28. The number of rotatable bonds is 4. The van der Waals surface area contributed by atoms with Crippen molar-refractivity contribution in [1.82, 2.24) is 9.97 Å². The highest BCUT2D eigenvalue weighted by molar-refractivity contribution is 5.70. The van der Waals surface area contributed by atoms with Gasteiger partial charge in [-0.05, 0) is 19.1 Å². The monoisotopic (exact) mass is 284 g/mol. The highest BCUT2D eigenvalue weighted by atomic mass is 15.1. The number of benzene rings is 1. The van der Waals surface area contributed by atoms with Gasteiger partial charge in [0.15, 0.2) is 0 Å². The maximum atomic E-state index is 4.76. The fraction of sp³-hybridized carbons (Fsp3) is 0.412. The fourth-order valence-corrected chi connectivity index (χ4v) is 2.23. The lowest BCUT2D eigenvalue weighted by atomic mass is 10.1. The molecule has 0 amide bonds. The van der Waals surface area contributed by atoms with Gasteiger partial charge in [0.2, 0.25) is 0 Å². The molecule has 4 heteroatoms. The van der Waals surface area contributed by atoms with E-state index in [1.165, 1.54) is 5.69 Å². The zero-order chi connectivity index (χ0) is 15.6. The van der Waals surface area contributed by atoms with Gasteiger partial charge < -0.3 is 10.2 Å². The summed E-state index contributed by atoms with van der Waals surface area (Å²) in [5, 5.41) is 3.17. The first-order valence-corrected chi connectivity index (χ1v) is 7.28. The van der Waals surface area contributed by atoms with Gasteiger partial charge in [0.25, 0.3) is 0 Å².